The summed E-state index contributed by atoms with van der Waals surface area (Å²) in [7, 11) is 5.54. The smallest absolute Gasteiger partial charge is 0.409 e. The van der Waals surface area contributed by atoms with E-state index < -0.39 is 0 Å². The molecule has 1 aliphatic rings. The number of amides is 1. The summed E-state index contributed by atoms with van der Waals surface area (Å²) in [6.45, 7) is 9.29. The number of ether oxygens (including phenoxy) is 1. The highest BCUT2D eigenvalue weighted by molar-refractivity contribution is 5.66. The van der Waals surface area contributed by atoms with Gasteiger partial charge >= 0.3 is 6.09 Å². The highest BCUT2D eigenvalue weighted by Crippen LogP contribution is 2.20. The second-order valence-corrected chi connectivity index (χ2v) is 5.72. The van der Waals surface area contributed by atoms with Crippen molar-refractivity contribution in [2.24, 2.45) is 5.92 Å². The number of nitrogens with zero attached hydrogens (tertiary/aromatic N) is 3. The largest absolute Gasteiger partial charge is 0.448 e. The molecule has 1 fully saturated rings. The van der Waals surface area contributed by atoms with Gasteiger partial charge in [0.25, 0.3) is 0 Å². The maximum atomic E-state index is 11.3. The van der Waals surface area contributed by atoms with Crippen LogP contribution < -0.4 is 0 Å². The van der Waals surface area contributed by atoms with E-state index in [0.29, 0.717) is 18.6 Å². The lowest BCUT2D eigenvalue weighted by molar-refractivity contribution is 0.0600. The zero-order chi connectivity index (χ0) is 14.4. The van der Waals surface area contributed by atoms with Crippen LogP contribution in [0.15, 0.2) is 0 Å². The van der Waals surface area contributed by atoms with E-state index in [1.54, 1.807) is 14.1 Å². The molecule has 2 unspecified atom stereocenters. The van der Waals surface area contributed by atoms with Crippen molar-refractivity contribution in [3.8, 4) is 0 Å². The molecule has 1 rings (SSSR count). The van der Waals surface area contributed by atoms with Crippen LogP contribution in [0.2, 0.25) is 0 Å². The molecule has 0 radical (unpaired) electrons. The van der Waals surface area contributed by atoms with Crippen LogP contribution in [0.3, 0.4) is 0 Å². The molecule has 1 saturated heterocycles. The van der Waals surface area contributed by atoms with Gasteiger partial charge in [-0.2, -0.15) is 0 Å². The first-order valence-electron chi connectivity index (χ1n) is 7.22. The minimum Gasteiger partial charge on any atom is -0.448 e. The SMILES string of the molecule is CCN1CCC(N(C)CCOC(=O)N(C)C)C(C)C1. The maximum absolute atomic E-state index is 11.3. The molecule has 0 aromatic heterocycles. The van der Waals surface area contributed by atoms with E-state index in [4.69, 9.17) is 4.74 Å². The molecule has 0 aromatic rings. The van der Waals surface area contributed by atoms with Crippen molar-refractivity contribution in [1.29, 1.82) is 0 Å². The van der Waals surface area contributed by atoms with Crippen molar-refractivity contribution in [1.82, 2.24) is 14.7 Å². The van der Waals surface area contributed by atoms with Crippen LogP contribution in [0.1, 0.15) is 20.3 Å². The molecule has 112 valence electrons. The molecule has 5 heteroatoms. The molecule has 19 heavy (non-hydrogen) atoms. The van der Waals surface area contributed by atoms with Crippen molar-refractivity contribution < 1.29 is 9.53 Å². The van der Waals surface area contributed by atoms with Crippen LogP contribution in [0, 0.1) is 5.92 Å². The molecule has 0 bridgehead atoms. The topological polar surface area (TPSA) is 36.0 Å². The molecule has 1 aliphatic heterocycles. The fraction of sp³-hybridized carbons (Fsp3) is 0.929. The van der Waals surface area contributed by atoms with Gasteiger partial charge in [0.2, 0.25) is 0 Å². The predicted molar refractivity (Wildman–Crippen MR) is 77.3 cm³/mol. The summed E-state index contributed by atoms with van der Waals surface area (Å²) in [5.74, 6) is 0.670. The Labute approximate surface area is 117 Å². The monoisotopic (exact) mass is 271 g/mol. The number of hydrogen-bond acceptors (Lipinski definition) is 4. The lowest BCUT2D eigenvalue weighted by Gasteiger charge is -2.41. The summed E-state index contributed by atoms with van der Waals surface area (Å²) < 4.78 is 5.18. The van der Waals surface area contributed by atoms with E-state index in [1.807, 2.05) is 0 Å². The number of likely N-dealkylation sites (N-methyl/N-ethyl adjacent to an activating group) is 1. The first kappa shape index (κ1) is 16.2. The Bertz CT molecular complexity index is 284. The second-order valence-electron chi connectivity index (χ2n) is 5.72. The molecule has 5 nitrogen and oxygen atoms in total. The van der Waals surface area contributed by atoms with Gasteiger partial charge in [0, 0.05) is 33.2 Å². The Morgan fingerprint density at radius 3 is 2.58 bits per heavy atom. The molecule has 0 spiro atoms. The minimum absolute atomic E-state index is 0.262. The Balaban J connectivity index is 2.29. The molecule has 0 saturated carbocycles. The quantitative estimate of drug-likeness (QED) is 0.756. The molecular formula is C14H29N3O2. The summed E-state index contributed by atoms with van der Waals surface area (Å²) in [5, 5.41) is 0. The summed E-state index contributed by atoms with van der Waals surface area (Å²) in [6, 6.07) is 0.598. The third-order valence-electron chi connectivity index (χ3n) is 3.99. The van der Waals surface area contributed by atoms with Crippen LogP contribution in [-0.2, 0) is 4.74 Å². The molecule has 1 amide bonds. The zero-order valence-corrected chi connectivity index (χ0v) is 13.1. The summed E-state index contributed by atoms with van der Waals surface area (Å²) in [6.07, 6.45) is 0.940. The third kappa shape index (κ3) is 4.99. The lowest BCUT2D eigenvalue weighted by atomic mass is 9.93. The van der Waals surface area contributed by atoms with Gasteiger partial charge < -0.3 is 14.5 Å². The Kier molecular flexibility index (Phi) is 6.58. The van der Waals surface area contributed by atoms with Crippen molar-refractivity contribution in [3.05, 3.63) is 0 Å². The summed E-state index contributed by atoms with van der Waals surface area (Å²) in [5.41, 5.74) is 0. The number of likely N-dealkylation sites (tertiary alicyclic amines) is 1. The fourth-order valence-corrected chi connectivity index (χ4v) is 2.73. The molecule has 0 aliphatic carbocycles. The Hall–Kier alpha value is -0.810. The average molecular weight is 271 g/mol. The minimum atomic E-state index is -0.262. The number of piperidine rings is 1. The van der Waals surface area contributed by atoms with E-state index in [0.717, 1.165) is 13.1 Å². The van der Waals surface area contributed by atoms with Gasteiger partial charge in [-0.15, -0.1) is 0 Å². The van der Waals surface area contributed by atoms with Crippen molar-refractivity contribution in [3.63, 3.8) is 0 Å². The Morgan fingerprint density at radius 2 is 2.05 bits per heavy atom. The normalized spacial score (nSPS) is 24.5. The molecular weight excluding hydrogens is 242 g/mol. The standard InChI is InChI=1S/C14H29N3O2/c1-6-17-8-7-13(12(2)11-17)16(5)9-10-19-14(18)15(3)4/h12-13H,6-11H2,1-5H3. The number of carbonyl (C=O) groups is 1. The molecule has 0 N–H and O–H groups in total. The van der Waals surface area contributed by atoms with Crippen LogP contribution >= 0.6 is 0 Å². The highest BCUT2D eigenvalue weighted by Gasteiger charge is 2.28. The van der Waals surface area contributed by atoms with Crippen LogP contribution in [0.4, 0.5) is 4.79 Å². The van der Waals surface area contributed by atoms with Gasteiger partial charge in [-0.3, -0.25) is 4.90 Å². The van der Waals surface area contributed by atoms with Crippen LogP contribution in [0.25, 0.3) is 0 Å². The van der Waals surface area contributed by atoms with Gasteiger partial charge in [0.1, 0.15) is 6.61 Å². The number of carbonyl (C=O) groups excluding carboxylic acids is 1. The number of hydrogen-bond donors (Lipinski definition) is 0. The van der Waals surface area contributed by atoms with Gasteiger partial charge in [-0.25, -0.2) is 4.79 Å². The fourth-order valence-electron chi connectivity index (χ4n) is 2.73. The zero-order valence-electron chi connectivity index (χ0n) is 13.1. The van der Waals surface area contributed by atoms with Gasteiger partial charge in [0.05, 0.1) is 0 Å². The van der Waals surface area contributed by atoms with E-state index >= 15 is 0 Å². The third-order valence-corrected chi connectivity index (χ3v) is 3.99. The van der Waals surface area contributed by atoms with E-state index in [1.165, 1.54) is 24.4 Å². The average Bonchev–Trinajstić information content (AvgIpc) is 2.37. The first-order chi connectivity index (χ1) is 8.95. The highest BCUT2D eigenvalue weighted by atomic mass is 16.6. The summed E-state index contributed by atoms with van der Waals surface area (Å²) in [4.78, 5) is 17.6. The van der Waals surface area contributed by atoms with Gasteiger partial charge in [0.15, 0.2) is 0 Å². The lowest BCUT2D eigenvalue weighted by Crippen LogP contribution is -2.49. The first-order valence-corrected chi connectivity index (χ1v) is 7.22. The molecule has 2 atom stereocenters. The maximum Gasteiger partial charge on any atom is 0.409 e. The second kappa shape index (κ2) is 7.70. The van der Waals surface area contributed by atoms with E-state index in [9.17, 15) is 4.79 Å². The summed E-state index contributed by atoms with van der Waals surface area (Å²) >= 11 is 0. The van der Waals surface area contributed by atoms with E-state index in [2.05, 4.69) is 30.7 Å². The van der Waals surface area contributed by atoms with Crippen molar-refractivity contribution >= 4 is 6.09 Å². The number of rotatable bonds is 5. The molecule has 0 aromatic carbocycles. The van der Waals surface area contributed by atoms with Crippen LogP contribution in [0.5, 0.6) is 0 Å². The van der Waals surface area contributed by atoms with E-state index in [-0.39, 0.29) is 6.09 Å². The predicted octanol–water partition coefficient (Wildman–Crippen LogP) is 1.35. The van der Waals surface area contributed by atoms with Crippen molar-refractivity contribution in [2.75, 3.05) is 53.9 Å². The van der Waals surface area contributed by atoms with Gasteiger partial charge in [-0.05, 0) is 32.5 Å². The van der Waals surface area contributed by atoms with Gasteiger partial charge in [-0.1, -0.05) is 13.8 Å². The van der Waals surface area contributed by atoms with Crippen LogP contribution in [-0.4, -0.2) is 80.8 Å². The molecule has 1 heterocycles. The Morgan fingerprint density at radius 1 is 1.37 bits per heavy atom. The van der Waals surface area contributed by atoms with Crippen molar-refractivity contribution in [2.45, 2.75) is 26.3 Å².